The molecule has 182 valence electrons. The lowest BCUT2D eigenvalue weighted by molar-refractivity contribution is -0.384. The van der Waals surface area contributed by atoms with Gasteiger partial charge in [-0.05, 0) is 56.7 Å². The van der Waals surface area contributed by atoms with Crippen molar-refractivity contribution < 1.29 is 9.72 Å². The van der Waals surface area contributed by atoms with Crippen molar-refractivity contribution in [2.75, 3.05) is 19.6 Å². The van der Waals surface area contributed by atoms with Gasteiger partial charge in [0, 0.05) is 50.4 Å². The maximum absolute atomic E-state index is 13.0. The first-order valence-corrected chi connectivity index (χ1v) is 11.8. The molecule has 2 aromatic carbocycles. The number of piperazine rings is 1. The molecule has 1 amide bonds. The molecular formula is C26H29N5O4. The Kier molecular flexibility index (Phi) is 7.07. The predicted molar refractivity (Wildman–Crippen MR) is 135 cm³/mol. The van der Waals surface area contributed by atoms with E-state index in [9.17, 15) is 19.7 Å². The third kappa shape index (κ3) is 5.00. The van der Waals surface area contributed by atoms with Crippen LogP contribution in [0.3, 0.4) is 0 Å². The summed E-state index contributed by atoms with van der Waals surface area (Å²) in [6.45, 7) is 8.43. The molecule has 1 saturated heterocycles. The zero-order chi connectivity index (χ0) is 25.1. The van der Waals surface area contributed by atoms with Gasteiger partial charge in [-0.2, -0.15) is 0 Å². The minimum absolute atomic E-state index is 0.0155. The molecule has 1 aliphatic heterocycles. The van der Waals surface area contributed by atoms with Gasteiger partial charge in [0.1, 0.15) is 5.82 Å². The van der Waals surface area contributed by atoms with E-state index in [1.165, 1.54) is 18.2 Å². The molecule has 2 unspecified atom stereocenters. The van der Waals surface area contributed by atoms with E-state index >= 15 is 0 Å². The minimum atomic E-state index is -0.450. The van der Waals surface area contributed by atoms with E-state index in [0.29, 0.717) is 37.1 Å². The summed E-state index contributed by atoms with van der Waals surface area (Å²) in [5.74, 6) is 0.638. The topological polar surface area (TPSA) is 102 Å². The number of nitro benzene ring substituents is 1. The summed E-state index contributed by atoms with van der Waals surface area (Å²) in [6, 6.07) is 13.4. The van der Waals surface area contributed by atoms with E-state index in [0.717, 1.165) is 11.4 Å². The molecule has 0 saturated carbocycles. The highest BCUT2D eigenvalue weighted by molar-refractivity contribution is 5.92. The number of rotatable bonds is 6. The van der Waals surface area contributed by atoms with E-state index in [-0.39, 0.29) is 29.2 Å². The third-order valence-electron chi connectivity index (χ3n) is 6.59. The number of para-hydroxylation sites is 1. The van der Waals surface area contributed by atoms with Crippen molar-refractivity contribution in [3.8, 4) is 0 Å². The fourth-order valence-electron chi connectivity index (χ4n) is 4.61. The molecule has 1 fully saturated rings. The molecule has 0 N–H and O–H groups in total. The van der Waals surface area contributed by atoms with E-state index < -0.39 is 4.92 Å². The van der Waals surface area contributed by atoms with Gasteiger partial charge in [-0.3, -0.25) is 29.2 Å². The number of fused-ring (bicyclic) bond motifs is 1. The fourth-order valence-corrected chi connectivity index (χ4v) is 4.61. The Hall–Kier alpha value is -3.85. The number of non-ortho nitro benzene ring substituents is 1. The second kappa shape index (κ2) is 10.2. The lowest BCUT2D eigenvalue weighted by atomic mass is 10.1. The van der Waals surface area contributed by atoms with Crippen molar-refractivity contribution in [3.63, 3.8) is 0 Å². The van der Waals surface area contributed by atoms with Gasteiger partial charge in [-0.25, -0.2) is 4.98 Å². The second-order valence-corrected chi connectivity index (χ2v) is 8.77. The van der Waals surface area contributed by atoms with Crippen LogP contribution >= 0.6 is 0 Å². The van der Waals surface area contributed by atoms with Crippen LogP contribution in [0.2, 0.25) is 0 Å². The Labute approximate surface area is 203 Å². The van der Waals surface area contributed by atoms with Crippen molar-refractivity contribution in [2.24, 2.45) is 0 Å². The van der Waals surface area contributed by atoms with Crippen molar-refractivity contribution in [1.29, 1.82) is 0 Å². The Balaban J connectivity index is 1.46. The summed E-state index contributed by atoms with van der Waals surface area (Å²) in [5.41, 5.74) is 1.41. The highest BCUT2D eigenvalue weighted by Crippen LogP contribution is 2.24. The van der Waals surface area contributed by atoms with Crippen LogP contribution in [0.1, 0.15) is 38.2 Å². The maximum Gasteiger partial charge on any atom is 0.269 e. The summed E-state index contributed by atoms with van der Waals surface area (Å²) >= 11 is 0. The van der Waals surface area contributed by atoms with E-state index in [1.807, 2.05) is 43.0 Å². The number of carbonyl (C=O) groups is 1. The highest BCUT2D eigenvalue weighted by Gasteiger charge is 2.31. The molecule has 0 spiro atoms. The molecule has 0 radical (unpaired) electrons. The quantitative estimate of drug-likeness (QED) is 0.307. The predicted octanol–water partition coefficient (Wildman–Crippen LogP) is 3.63. The number of nitro groups is 1. The molecule has 35 heavy (non-hydrogen) atoms. The van der Waals surface area contributed by atoms with Crippen molar-refractivity contribution in [2.45, 2.75) is 39.4 Å². The van der Waals surface area contributed by atoms with Crippen LogP contribution in [0.5, 0.6) is 0 Å². The minimum Gasteiger partial charge on any atom is -0.334 e. The van der Waals surface area contributed by atoms with Crippen molar-refractivity contribution in [3.05, 3.63) is 86.5 Å². The van der Waals surface area contributed by atoms with Gasteiger partial charge in [0.05, 0.1) is 21.9 Å². The molecule has 4 rings (SSSR count). The average molecular weight is 476 g/mol. The van der Waals surface area contributed by atoms with Crippen LogP contribution in [0, 0.1) is 10.1 Å². The number of carbonyl (C=O) groups excluding carboxylic acids is 1. The van der Waals surface area contributed by atoms with Crippen LogP contribution in [0.15, 0.2) is 59.4 Å². The fraction of sp³-hybridized carbons (Fsp3) is 0.346. The average Bonchev–Trinajstić information content (AvgIpc) is 2.87. The first-order chi connectivity index (χ1) is 16.8. The van der Waals surface area contributed by atoms with Gasteiger partial charge >= 0.3 is 0 Å². The molecule has 9 nitrogen and oxygen atoms in total. The van der Waals surface area contributed by atoms with Gasteiger partial charge in [0.2, 0.25) is 5.91 Å². The lowest BCUT2D eigenvalue weighted by Gasteiger charge is -2.42. The number of hydrogen-bond donors (Lipinski definition) is 0. The van der Waals surface area contributed by atoms with Crippen molar-refractivity contribution >= 4 is 28.6 Å². The number of amides is 1. The Bertz CT molecular complexity index is 1330. The monoisotopic (exact) mass is 475 g/mol. The van der Waals surface area contributed by atoms with Crippen LogP contribution in [-0.4, -0.2) is 55.9 Å². The first-order valence-electron chi connectivity index (χ1n) is 11.8. The molecular weight excluding hydrogens is 446 g/mol. The number of nitrogens with zero attached hydrogens (tertiary/aromatic N) is 5. The van der Waals surface area contributed by atoms with Crippen LogP contribution in [-0.2, 0) is 11.3 Å². The number of hydrogen-bond acceptors (Lipinski definition) is 6. The summed E-state index contributed by atoms with van der Waals surface area (Å²) < 4.78 is 1.74. The van der Waals surface area contributed by atoms with Gasteiger partial charge in [0.15, 0.2) is 0 Å². The standard InChI is InChI=1S/C26H29N5O4/c1-4-29-25(27-23-8-6-5-7-22(23)26(29)33)19(3)28-15-16-30(18(2)17-28)24(32)14-11-20-9-12-21(13-10-20)31(34)35/h5-14,18-19H,4,15-17H2,1-3H3/b14-11+. The molecule has 1 aliphatic rings. The molecule has 3 aromatic rings. The summed E-state index contributed by atoms with van der Waals surface area (Å²) in [7, 11) is 0. The molecule has 2 atom stereocenters. The normalized spacial score (nSPS) is 17.7. The van der Waals surface area contributed by atoms with Crippen molar-refractivity contribution in [1.82, 2.24) is 19.4 Å². The smallest absolute Gasteiger partial charge is 0.269 e. The second-order valence-electron chi connectivity index (χ2n) is 8.77. The number of aromatic nitrogens is 2. The van der Waals surface area contributed by atoms with E-state index in [1.54, 1.807) is 22.8 Å². The van der Waals surface area contributed by atoms with Gasteiger partial charge < -0.3 is 4.90 Å². The highest BCUT2D eigenvalue weighted by atomic mass is 16.6. The molecule has 2 heterocycles. The van der Waals surface area contributed by atoms with E-state index in [4.69, 9.17) is 4.98 Å². The summed E-state index contributed by atoms with van der Waals surface area (Å²) in [6.07, 6.45) is 3.18. The number of benzene rings is 2. The Morgan fingerprint density at radius 2 is 1.91 bits per heavy atom. The largest absolute Gasteiger partial charge is 0.334 e. The Morgan fingerprint density at radius 3 is 2.57 bits per heavy atom. The first kappa shape index (κ1) is 24.3. The van der Waals surface area contributed by atoms with Crippen LogP contribution in [0.4, 0.5) is 5.69 Å². The van der Waals surface area contributed by atoms with Crippen LogP contribution in [0.25, 0.3) is 17.0 Å². The Morgan fingerprint density at radius 1 is 1.20 bits per heavy atom. The third-order valence-corrected chi connectivity index (χ3v) is 6.59. The molecule has 0 bridgehead atoms. The molecule has 1 aromatic heterocycles. The molecule has 0 aliphatic carbocycles. The lowest BCUT2D eigenvalue weighted by Crippen LogP contribution is -2.54. The maximum atomic E-state index is 13.0. The van der Waals surface area contributed by atoms with Gasteiger partial charge in [-0.15, -0.1) is 0 Å². The summed E-state index contributed by atoms with van der Waals surface area (Å²) in [4.78, 5) is 45.1. The van der Waals surface area contributed by atoms with Gasteiger partial charge in [-0.1, -0.05) is 12.1 Å². The van der Waals surface area contributed by atoms with Crippen LogP contribution < -0.4 is 5.56 Å². The SMILES string of the molecule is CCn1c(C(C)N2CCN(C(=O)/C=C/c3ccc([N+](=O)[O-])cc3)C(C)C2)nc2ccccc2c1=O. The summed E-state index contributed by atoms with van der Waals surface area (Å²) in [5, 5.41) is 11.4. The zero-order valence-electron chi connectivity index (χ0n) is 20.1. The van der Waals surface area contributed by atoms with Gasteiger partial charge in [0.25, 0.3) is 11.2 Å². The van der Waals surface area contributed by atoms with E-state index in [2.05, 4.69) is 11.8 Å². The zero-order valence-corrected chi connectivity index (χ0v) is 20.1. The molecule has 9 heteroatoms.